The molecule has 0 aliphatic heterocycles. The van der Waals surface area contributed by atoms with E-state index >= 15 is 0 Å². The Labute approximate surface area is 346 Å². The molecule has 0 aliphatic rings. The van der Waals surface area contributed by atoms with Crippen molar-refractivity contribution in [1.29, 1.82) is 0 Å². The van der Waals surface area contributed by atoms with Crippen molar-refractivity contribution in [2.24, 2.45) is 0 Å². The minimum absolute atomic E-state index is 0.00255. The van der Waals surface area contributed by atoms with Gasteiger partial charge >= 0.3 is 11.9 Å². The Morgan fingerprint density at radius 1 is 0.464 bits per heavy atom. The normalized spacial score (nSPS) is 12.3. The van der Waals surface area contributed by atoms with Crippen molar-refractivity contribution in [2.45, 2.75) is 258 Å². The molecule has 0 aromatic carbocycles. The van der Waals surface area contributed by atoms with E-state index in [1.807, 2.05) is 0 Å². The molecule has 0 heterocycles. The van der Waals surface area contributed by atoms with Crippen LogP contribution >= 0.6 is 0 Å². The molecule has 2 N–H and O–H groups in total. The number of esters is 1. The smallest absolute Gasteiger partial charge is 0.322 e. The van der Waals surface area contributed by atoms with E-state index in [-0.39, 0.29) is 24.5 Å². The molecule has 0 aromatic heterocycles. The zero-order valence-electron chi connectivity index (χ0n) is 37.0. The number of hydrogen-bond acceptors (Lipinski definition) is 4. The Morgan fingerprint density at radius 2 is 0.821 bits per heavy atom. The molecule has 1 amide bonds. The van der Waals surface area contributed by atoms with Crippen LogP contribution in [0.2, 0.25) is 0 Å². The number of carbonyl (C=O) groups is 3. The minimum atomic E-state index is -1.02. The summed E-state index contributed by atoms with van der Waals surface area (Å²) < 4.78 is 6.05. The summed E-state index contributed by atoms with van der Waals surface area (Å²) in [5.41, 5.74) is 0. The number of nitrogens with one attached hydrogen (secondary N) is 1. The number of hydrogen-bond donors (Lipinski definition) is 2. The molecule has 6 nitrogen and oxygen atoms in total. The fourth-order valence-electron chi connectivity index (χ4n) is 7.19. The van der Waals surface area contributed by atoms with Crippen molar-refractivity contribution >= 4 is 17.8 Å². The highest BCUT2D eigenvalue weighted by atomic mass is 16.5. The van der Waals surface area contributed by atoms with Crippen molar-refractivity contribution in [1.82, 2.24) is 5.32 Å². The molecule has 0 radical (unpaired) electrons. The monoisotopic (exact) mass is 786 g/mol. The Kier molecular flexibility index (Phi) is 43.4. The number of aliphatic carboxylic acids is 1. The van der Waals surface area contributed by atoms with Gasteiger partial charge in [0.05, 0.1) is 0 Å². The standard InChI is InChI=1S/C50H91NO5/c1-3-5-7-9-11-13-15-17-19-20-21-22-24-26-28-30-32-37-41-45-50(55)56-47(43-39-35-33-36-40-44-48(52)51-46-49(53)54)42-38-34-31-29-27-25-23-18-16-14-12-10-8-6-4-2/h16-19,25,27,47H,3-15,20-24,26,28-46H2,1-2H3,(H,51,52)(H,53,54)/b18-16-,19-17-,27-25-. The van der Waals surface area contributed by atoms with Crippen LogP contribution in [0, 0.1) is 0 Å². The van der Waals surface area contributed by atoms with Gasteiger partial charge in [0.1, 0.15) is 12.6 Å². The van der Waals surface area contributed by atoms with Gasteiger partial charge in [0, 0.05) is 12.8 Å². The molecule has 1 atom stereocenters. The summed E-state index contributed by atoms with van der Waals surface area (Å²) in [5.74, 6) is -1.24. The first-order valence-electron chi connectivity index (χ1n) is 24.1. The Hall–Kier alpha value is -2.37. The van der Waals surface area contributed by atoms with Crippen LogP contribution in [0.15, 0.2) is 36.5 Å². The maximum atomic E-state index is 12.8. The summed E-state index contributed by atoms with van der Waals surface area (Å²) in [7, 11) is 0. The maximum absolute atomic E-state index is 12.8. The Balaban J connectivity index is 4.17. The van der Waals surface area contributed by atoms with E-state index in [9.17, 15) is 14.4 Å². The first-order chi connectivity index (χ1) is 27.5. The molecular formula is C50H91NO5. The van der Waals surface area contributed by atoms with E-state index in [0.717, 1.165) is 83.5 Å². The number of ether oxygens (including phenoxy) is 1. The topological polar surface area (TPSA) is 92.7 Å². The number of unbranched alkanes of at least 4 members (excludes halogenated alkanes) is 27. The molecule has 326 valence electrons. The summed E-state index contributed by atoms with van der Waals surface area (Å²) in [6.45, 7) is 4.22. The SMILES string of the molecule is CCCCCCC/C=C\C/C=C\CCCCCC(CCCCCCCC(=O)NCC(=O)O)OC(=O)CCCCCCCCCCC/C=C\CCCCCCCC. The molecule has 0 saturated heterocycles. The molecule has 6 heteroatoms. The maximum Gasteiger partial charge on any atom is 0.322 e. The lowest BCUT2D eigenvalue weighted by Gasteiger charge is -2.18. The Morgan fingerprint density at radius 3 is 1.27 bits per heavy atom. The largest absolute Gasteiger partial charge is 0.480 e. The summed E-state index contributed by atoms with van der Waals surface area (Å²) in [6.07, 6.45) is 57.0. The van der Waals surface area contributed by atoms with Gasteiger partial charge in [-0.05, 0) is 96.3 Å². The van der Waals surface area contributed by atoms with Gasteiger partial charge in [-0.25, -0.2) is 0 Å². The minimum Gasteiger partial charge on any atom is -0.480 e. The van der Waals surface area contributed by atoms with Gasteiger partial charge in [0.25, 0.3) is 0 Å². The van der Waals surface area contributed by atoms with Crippen molar-refractivity contribution in [3.05, 3.63) is 36.5 Å². The number of rotatable bonds is 44. The van der Waals surface area contributed by atoms with E-state index in [2.05, 4.69) is 55.6 Å². The van der Waals surface area contributed by atoms with Crippen LogP contribution in [-0.4, -0.2) is 35.6 Å². The molecule has 1 unspecified atom stereocenters. The number of carboxylic acids is 1. The third-order valence-electron chi connectivity index (χ3n) is 10.8. The first kappa shape index (κ1) is 53.6. The van der Waals surface area contributed by atoms with Crippen molar-refractivity contribution in [3.63, 3.8) is 0 Å². The lowest BCUT2D eigenvalue weighted by Crippen LogP contribution is -2.28. The first-order valence-corrected chi connectivity index (χ1v) is 24.1. The predicted octanol–water partition coefficient (Wildman–Crippen LogP) is 15.2. The number of allylic oxidation sites excluding steroid dienone is 6. The third kappa shape index (κ3) is 44.3. The van der Waals surface area contributed by atoms with Crippen LogP contribution in [-0.2, 0) is 19.1 Å². The van der Waals surface area contributed by atoms with Crippen LogP contribution < -0.4 is 5.32 Å². The second-order valence-corrected chi connectivity index (χ2v) is 16.4. The molecule has 0 fully saturated rings. The highest BCUT2D eigenvalue weighted by molar-refractivity contribution is 5.80. The summed E-state index contributed by atoms with van der Waals surface area (Å²) in [6, 6.07) is 0. The second-order valence-electron chi connectivity index (χ2n) is 16.4. The summed E-state index contributed by atoms with van der Waals surface area (Å²) in [5, 5.41) is 11.1. The molecule has 0 saturated carbocycles. The van der Waals surface area contributed by atoms with Gasteiger partial charge < -0.3 is 15.2 Å². The van der Waals surface area contributed by atoms with Gasteiger partial charge in [-0.1, -0.05) is 179 Å². The second kappa shape index (κ2) is 45.3. The van der Waals surface area contributed by atoms with Crippen LogP contribution in [0.5, 0.6) is 0 Å². The summed E-state index contributed by atoms with van der Waals surface area (Å²) in [4.78, 5) is 35.1. The zero-order chi connectivity index (χ0) is 40.8. The molecule has 0 spiro atoms. The van der Waals surface area contributed by atoms with Gasteiger partial charge in [0.2, 0.25) is 5.91 Å². The highest BCUT2D eigenvalue weighted by Gasteiger charge is 2.14. The lowest BCUT2D eigenvalue weighted by molar-refractivity contribution is -0.150. The fourth-order valence-corrected chi connectivity index (χ4v) is 7.19. The van der Waals surface area contributed by atoms with E-state index in [4.69, 9.17) is 9.84 Å². The molecular weight excluding hydrogens is 695 g/mol. The van der Waals surface area contributed by atoms with Crippen LogP contribution in [0.3, 0.4) is 0 Å². The van der Waals surface area contributed by atoms with E-state index in [1.54, 1.807) is 0 Å². The molecule has 0 aromatic rings. The molecule has 0 rings (SSSR count). The van der Waals surface area contributed by atoms with E-state index < -0.39 is 5.97 Å². The lowest BCUT2D eigenvalue weighted by atomic mass is 10.0. The number of carboxylic acid groups (broad SMARTS) is 1. The average molecular weight is 786 g/mol. The van der Waals surface area contributed by atoms with Crippen LogP contribution in [0.4, 0.5) is 0 Å². The fraction of sp³-hybridized carbons (Fsp3) is 0.820. The Bertz CT molecular complexity index is 957. The predicted molar refractivity (Wildman–Crippen MR) is 240 cm³/mol. The van der Waals surface area contributed by atoms with Crippen LogP contribution in [0.25, 0.3) is 0 Å². The summed E-state index contributed by atoms with van der Waals surface area (Å²) >= 11 is 0. The molecule has 56 heavy (non-hydrogen) atoms. The van der Waals surface area contributed by atoms with E-state index in [0.29, 0.717) is 12.8 Å². The van der Waals surface area contributed by atoms with Gasteiger partial charge in [0.15, 0.2) is 0 Å². The van der Waals surface area contributed by atoms with Gasteiger partial charge in [-0.2, -0.15) is 0 Å². The highest BCUT2D eigenvalue weighted by Crippen LogP contribution is 2.19. The van der Waals surface area contributed by atoms with Gasteiger partial charge in [-0.3, -0.25) is 14.4 Å². The van der Waals surface area contributed by atoms with Crippen LogP contribution in [0.1, 0.15) is 251 Å². The number of carbonyl (C=O) groups excluding carboxylic acids is 2. The van der Waals surface area contributed by atoms with Crippen molar-refractivity contribution in [2.75, 3.05) is 6.54 Å². The van der Waals surface area contributed by atoms with Gasteiger partial charge in [-0.15, -0.1) is 0 Å². The van der Waals surface area contributed by atoms with E-state index in [1.165, 1.54) is 141 Å². The molecule has 0 bridgehead atoms. The number of amides is 1. The third-order valence-corrected chi connectivity index (χ3v) is 10.8. The average Bonchev–Trinajstić information content (AvgIpc) is 3.18. The quantitative estimate of drug-likeness (QED) is 0.0364. The zero-order valence-corrected chi connectivity index (χ0v) is 37.0. The van der Waals surface area contributed by atoms with Crippen molar-refractivity contribution < 1.29 is 24.2 Å². The van der Waals surface area contributed by atoms with Crippen molar-refractivity contribution in [3.8, 4) is 0 Å². The molecule has 0 aliphatic carbocycles.